The first kappa shape index (κ1) is 15.7. The molecule has 0 bridgehead atoms. The molecule has 0 saturated carbocycles. The summed E-state index contributed by atoms with van der Waals surface area (Å²) in [6, 6.07) is 6.92. The molecule has 1 atom stereocenters. The lowest BCUT2D eigenvalue weighted by Crippen LogP contribution is -2.11. The molecule has 2 aromatic heterocycles. The molecule has 3 aromatic rings. The topological polar surface area (TPSA) is 37.8 Å². The average Bonchev–Trinajstić information content (AvgIpc) is 2.94. The van der Waals surface area contributed by atoms with Gasteiger partial charge in [-0.3, -0.25) is 0 Å². The molecule has 0 aliphatic rings. The Morgan fingerprint density at radius 1 is 1.17 bits per heavy atom. The van der Waals surface area contributed by atoms with E-state index < -0.39 is 11.7 Å². The molecule has 0 aliphatic carbocycles. The van der Waals surface area contributed by atoms with Gasteiger partial charge in [0.1, 0.15) is 11.6 Å². The summed E-state index contributed by atoms with van der Waals surface area (Å²) in [7, 11) is 0. The number of hydrogen-bond acceptors (Lipinski definition) is 4. The quantitative estimate of drug-likeness (QED) is 0.714. The van der Waals surface area contributed by atoms with Gasteiger partial charge in [-0.25, -0.2) is 9.97 Å². The Morgan fingerprint density at radius 2 is 1.96 bits per heavy atom. The van der Waals surface area contributed by atoms with Gasteiger partial charge in [0.15, 0.2) is 0 Å². The number of benzene rings is 1. The fourth-order valence-electron chi connectivity index (χ4n) is 2.35. The van der Waals surface area contributed by atoms with Crippen molar-refractivity contribution in [2.75, 3.05) is 5.32 Å². The van der Waals surface area contributed by atoms with E-state index in [0.717, 1.165) is 22.3 Å². The zero-order valence-corrected chi connectivity index (χ0v) is 13.3. The second-order valence-corrected chi connectivity index (χ2v) is 6.16. The summed E-state index contributed by atoms with van der Waals surface area (Å²) in [4.78, 5) is 8.71. The van der Waals surface area contributed by atoms with Crippen molar-refractivity contribution < 1.29 is 13.2 Å². The lowest BCUT2D eigenvalue weighted by molar-refractivity contribution is -0.137. The standard InChI is InChI=1S/C16H14F3N3S/c1-9(11-4-3-5-12(8-11)16(17,18)19)20-15-14-13(6-7-23-14)21-10(2)22-15/h3-9H,1-2H3,(H,20,21,22)/t9-/m1/s1. The normalized spacial score (nSPS) is 13.3. The number of hydrogen-bond donors (Lipinski definition) is 1. The van der Waals surface area contributed by atoms with Gasteiger partial charge in [0.2, 0.25) is 0 Å². The van der Waals surface area contributed by atoms with Gasteiger partial charge in [0.05, 0.1) is 21.8 Å². The fourth-order valence-corrected chi connectivity index (χ4v) is 3.13. The van der Waals surface area contributed by atoms with Crippen molar-refractivity contribution in [1.29, 1.82) is 0 Å². The molecule has 2 heterocycles. The molecule has 0 unspecified atom stereocenters. The van der Waals surface area contributed by atoms with Gasteiger partial charge < -0.3 is 5.32 Å². The van der Waals surface area contributed by atoms with Crippen molar-refractivity contribution >= 4 is 27.4 Å². The van der Waals surface area contributed by atoms with E-state index >= 15 is 0 Å². The van der Waals surface area contributed by atoms with E-state index in [9.17, 15) is 13.2 Å². The Labute approximate surface area is 135 Å². The van der Waals surface area contributed by atoms with Crippen LogP contribution in [0.3, 0.4) is 0 Å². The highest BCUT2D eigenvalue weighted by atomic mass is 32.1. The van der Waals surface area contributed by atoms with Crippen LogP contribution in [-0.4, -0.2) is 9.97 Å². The fraction of sp³-hybridized carbons (Fsp3) is 0.250. The van der Waals surface area contributed by atoms with Gasteiger partial charge in [0.25, 0.3) is 0 Å². The van der Waals surface area contributed by atoms with Gasteiger partial charge in [-0.15, -0.1) is 11.3 Å². The predicted molar refractivity (Wildman–Crippen MR) is 85.6 cm³/mol. The maximum atomic E-state index is 12.8. The zero-order valence-electron chi connectivity index (χ0n) is 12.5. The summed E-state index contributed by atoms with van der Waals surface area (Å²) in [6.45, 7) is 3.60. The second-order valence-electron chi connectivity index (χ2n) is 5.24. The molecule has 7 heteroatoms. The Morgan fingerprint density at radius 3 is 2.70 bits per heavy atom. The summed E-state index contributed by atoms with van der Waals surface area (Å²) in [5, 5.41) is 5.11. The number of anilines is 1. The maximum Gasteiger partial charge on any atom is 0.416 e. The number of nitrogens with zero attached hydrogens (tertiary/aromatic N) is 2. The first-order valence-corrected chi connectivity index (χ1v) is 7.88. The zero-order chi connectivity index (χ0) is 16.6. The third kappa shape index (κ3) is 3.29. The number of fused-ring (bicyclic) bond motifs is 1. The van der Waals surface area contributed by atoms with E-state index in [1.807, 2.05) is 18.4 Å². The first-order valence-electron chi connectivity index (χ1n) is 7.00. The van der Waals surface area contributed by atoms with Crippen molar-refractivity contribution in [2.45, 2.75) is 26.1 Å². The highest BCUT2D eigenvalue weighted by Gasteiger charge is 2.30. The maximum absolute atomic E-state index is 12.8. The van der Waals surface area contributed by atoms with Gasteiger partial charge in [0, 0.05) is 0 Å². The van der Waals surface area contributed by atoms with Crippen LogP contribution in [0.1, 0.15) is 29.9 Å². The van der Waals surface area contributed by atoms with E-state index in [-0.39, 0.29) is 6.04 Å². The Bertz CT molecular complexity index is 842. The SMILES string of the molecule is Cc1nc(N[C@H](C)c2cccc(C(F)(F)F)c2)c2sccc2n1. The molecule has 0 radical (unpaired) electrons. The highest BCUT2D eigenvalue weighted by Crippen LogP contribution is 2.32. The smallest absolute Gasteiger partial charge is 0.362 e. The lowest BCUT2D eigenvalue weighted by atomic mass is 10.0. The minimum absolute atomic E-state index is 0.308. The van der Waals surface area contributed by atoms with Gasteiger partial charge in [-0.05, 0) is 43.0 Å². The Kier molecular flexibility index (Phi) is 3.97. The van der Waals surface area contributed by atoms with E-state index in [2.05, 4.69) is 15.3 Å². The molecule has 0 amide bonds. The van der Waals surface area contributed by atoms with Gasteiger partial charge in [-0.1, -0.05) is 12.1 Å². The highest BCUT2D eigenvalue weighted by molar-refractivity contribution is 7.17. The summed E-state index contributed by atoms with van der Waals surface area (Å²) >= 11 is 1.50. The lowest BCUT2D eigenvalue weighted by Gasteiger charge is -2.17. The van der Waals surface area contributed by atoms with Crippen LogP contribution in [0.15, 0.2) is 35.7 Å². The van der Waals surface area contributed by atoms with Crippen LogP contribution >= 0.6 is 11.3 Å². The number of nitrogens with one attached hydrogen (secondary N) is 1. The molecule has 3 nitrogen and oxygen atoms in total. The van der Waals surface area contributed by atoms with Gasteiger partial charge in [-0.2, -0.15) is 13.2 Å². The van der Waals surface area contributed by atoms with Crippen LogP contribution in [0, 0.1) is 6.92 Å². The number of aryl methyl sites for hydroxylation is 1. The van der Waals surface area contributed by atoms with Crippen molar-refractivity contribution in [3.8, 4) is 0 Å². The molecule has 0 aliphatic heterocycles. The molecule has 23 heavy (non-hydrogen) atoms. The minimum Gasteiger partial charge on any atom is -0.362 e. The summed E-state index contributed by atoms with van der Waals surface area (Å²) in [6.07, 6.45) is -4.34. The van der Waals surface area contributed by atoms with E-state index in [4.69, 9.17) is 0 Å². The molecule has 3 rings (SSSR count). The van der Waals surface area contributed by atoms with Crippen LogP contribution in [0.4, 0.5) is 19.0 Å². The van der Waals surface area contributed by atoms with E-state index in [0.29, 0.717) is 17.2 Å². The Balaban J connectivity index is 1.92. The van der Waals surface area contributed by atoms with Crippen molar-refractivity contribution in [2.24, 2.45) is 0 Å². The molecular weight excluding hydrogens is 323 g/mol. The number of alkyl halides is 3. The molecule has 1 N–H and O–H groups in total. The average molecular weight is 337 g/mol. The Hall–Kier alpha value is -2.15. The van der Waals surface area contributed by atoms with Crippen molar-refractivity contribution in [3.05, 3.63) is 52.7 Å². The first-order chi connectivity index (χ1) is 10.8. The molecule has 1 aromatic carbocycles. The molecular formula is C16H14F3N3S. The summed E-state index contributed by atoms with van der Waals surface area (Å²) in [5.74, 6) is 1.27. The van der Waals surface area contributed by atoms with Crippen LogP contribution in [-0.2, 0) is 6.18 Å². The monoisotopic (exact) mass is 337 g/mol. The summed E-state index contributed by atoms with van der Waals surface area (Å²) in [5.41, 5.74) is 0.742. The van der Waals surface area contributed by atoms with Gasteiger partial charge >= 0.3 is 6.18 Å². The van der Waals surface area contributed by atoms with Crippen LogP contribution in [0.25, 0.3) is 10.2 Å². The minimum atomic E-state index is -4.34. The van der Waals surface area contributed by atoms with Crippen LogP contribution in [0.2, 0.25) is 0 Å². The van der Waals surface area contributed by atoms with Crippen molar-refractivity contribution in [3.63, 3.8) is 0 Å². The number of aromatic nitrogens is 2. The third-order valence-corrected chi connectivity index (χ3v) is 4.39. The molecule has 0 fully saturated rings. The summed E-state index contributed by atoms with van der Waals surface area (Å²) < 4.78 is 39.4. The van der Waals surface area contributed by atoms with Crippen molar-refractivity contribution in [1.82, 2.24) is 9.97 Å². The van der Waals surface area contributed by atoms with E-state index in [1.165, 1.54) is 17.4 Å². The number of rotatable bonds is 3. The molecule has 120 valence electrons. The number of halogens is 3. The van der Waals surface area contributed by atoms with Crippen LogP contribution < -0.4 is 5.32 Å². The number of thiophene rings is 1. The predicted octanol–water partition coefficient (Wildman–Crippen LogP) is 5.19. The molecule has 0 spiro atoms. The van der Waals surface area contributed by atoms with E-state index in [1.54, 1.807) is 13.0 Å². The second kappa shape index (κ2) is 5.81. The van der Waals surface area contributed by atoms with Crippen LogP contribution in [0.5, 0.6) is 0 Å². The third-order valence-electron chi connectivity index (χ3n) is 3.48. The molecule has 0 saturated heterocycles. The largest absolute Gasteiger partial charge is 0.416 e.